The molecular weight excluding hydrogens is 592 g/mol. The largest absolute Gasteiger partial charge is 0.507 e. The molecule has 1 aliphatic heterocycles. The van der Waals surface area contributed by atoms with E-state index in [0.29, 0.717) is 22.6 Å². The Hall–Kier alpha value is -5.13. The Morgan fingerprint density at radius 3 is 2.48 bits per heavy atom. The quantitative estimate of drug-likeness (QED) is 0.236. The van der Waals surface area contributed by atoms with Gasteiger partial charge in [-0.1, -0.05) is 42.5 Å². The topological polar surface area (TPSA) is 169 Å². The van der Waals surface area contributed by atoms with Crippen molar-refractivity contribution in [2.45, 2.75) is 31.1 Å². The van der Waals surface area contributed by atoms with Gasteiger partial charge in [-0.05, 0) is 73.3 Å². The number of primary amides is 1. The number of fused-ring (bicyclic) bond motifs is 4. The number of hydrogen-bond acceptors (Lipinski definition) is 10. The van der Waals surface area contributed by atoms with Crippen molar-refractivity contribution < 1.29 is 43.9 Å². The van der Waals surface area contributed by atoms with Crippen molar-refractivity contribution in [1.29, 1.82) is 0 Å². The van der Waals surface area contributed by atoms with Crippen LogP contribution in [0.2, 0.25) is 0 Å². The number of ketones is 2. The van der Waals surface area contributed by atoms with Crippen LogP contribution in [0.4, 0.5) is 0 Å². The third kappa shape index (κ3) is 4.30. The monoisotopic (exact) mass is 624 g/mol. The normalized spacial score (nSPS) is 24.9. The predicted molar refractivity (Wildman–Crippen MR) is 164 cm³/mol. The number of hydrogen-bond donors (Lipinski definition) is 4. The van der Waals surface area contributed by atoms with Gasteiger partial charge in [-0.15, -0.1) is 0 Å². The highest BCUT2D eigenvalue weighted by molar-refractivity contribution is 6.33. The summed E-state index contributed by atoms with van der Waals surface area (Å²) in [6.07, 6.45) is 0.294. The third-order valence-electron chi connectivity index (χ3n) is 9.50. The highest BCUT2D eigenvalue weighted by atomic mass is 16.7. The van der Waals surface area contributed by atoms with E-state index in [1.165, 1.54) is 6.07 Å². The highest BCUT2D eigenvalue weighted by Crippen LogP contribution is 2.53. The van der Waals surface area contributed by atoms with Gasteiger partial charge in [0.25, 0.3) is 5.91 Å². The maximum atomic E-state index is 14.3. The number of ether oxygens (including phenoxy) is 3. The summed E-state index contributed by atoms with van der Waals surface area (Å²) in [5.74, 6) is -4.66. The standard InChI is InChI=1S/C35H32N2O9/c1-37(2)29-22-13-19-12-21-20(18-8-11-24-25(14-18)46-16-45-24)9-10-23(38)27(21)30(39)26(19)32(40)35(22,43)33(41)28(34(36)42)31(29)44-15-17-6-4-3-5-7-17/h3-11,14,19,22,29,38-39,43H,12-13,15-16H2,1-2H3,(H2,36,42)/t19-,22-,29-,35-/m0/s1. The molecule has 3 aromatic rings. The van der Waals surface area contributed by atoms with E-state index in [1.807, 2.05) is 42.5 Å². The van der Waals surface area contributed by atoms with Gasteiger partial charge in [0, 0.05) is 11.5 Å². The minimum atomic E-state index is -2.71. The van der Waals surface area contributed by atoms with Gasteiger partial charge in [-0.2, -0.15) is 0 Å². The van der Waals surface area contributed by atoms with Gasteiger partial charge >= 0.3 is 0 Å². The summed E-state index contributed by atoms with van der Waals surface area (Å²) in [7, 11) is 3.40. The molecule has 0 aromatic heterocycles. The SMILES string of the molecule is CN(C)[C@@H]1C(OCc2ccccc2)=C(C(N)=O)C(=O)[C@@]2(O)C(=O)C3=C(O)c4c(O)ccc(-c5ccc6c(c5)OCO6)c4C[C@H]3C[C@@H]12. The Labute approximate surface area is 264 Å². The maximum absolute atomic E-state index is 14.3. The Kier molecular flexibility index (Phi) is 6.91. The Balaban J connectivity index is 1.35. The molecule has 7 rings (SSSR count). The lowest BCUT2D eigenvalue weighted by Crippen LogP contribution is -2.67. The fourth-order valence-electron chi connectivity index (χ4n) is 7.45. The number of nitrogens with zero attached hydrogens (tertiary/aromatic N) is 1. The molecule has 0 radical (unpaired) electrons. The first-order valence-electron chi connectivity index (χ1n) is 14.9. The van der Waals surface area contributed by atoms with Gasteiger partial charge in [0.1, 0.15) is 29.4 Å². The number of aliphatic hydroxyl groups is 2. The lowest BCUT2D eigenvalue weighted by atomic mass is 9.57. The van der Waals surface area contributed by atoms with Gasteiger partial charge in [0.2, 0.25) is 18.4 Å². The fraction of sp³-hybridized carbons (Fsp3) is 0.286. The molecule has 1 amide bonds. The summed E-state index contributed by atoms with van der Waals surface area (Å²) in [5.41, 5.74) is 5.10. The molecule has 0 spiro atoms. The van der Waals surface area contributed by atoms with Crippen LogP contribution in [-0.2, 0) is 32.1 Å². The minimum Gasteiger partial charge on any atom is -0.507 e. The molecule has 46 heavy (non-hydrogen) atoms. The number of likely N-dealkylation sites (N-methyl/N-ethyl adjacent to an activating group) is 1. The van der Waals surface area contributed by atoms with Crippen LogP contribution in [-0.4, -0.2) is 70.2 Å². The van der Waals surface area contributed by atoms with Gasteiger partial charge in [0.05, 0.1) is 11.6 Å². The number of nitrogens with two attached hydrogens (primary N) is 1. The molecule has 3 aliphatic carbocycles. The van der Waals surface area contributed by atoms with Crippen molar-refractivity contribution in [3.63, 3.8) is 0 Å². The zero-order valence-corrected chi connectivity index (χ0v) is 25.1. The molecule has 1 fully saturated rings. The first kappa shape index (κ1) is 29.6. The number of Topliss-reactive ketones (excluding diaryl/α,β-unsaturated/α-hetero) is 2. The van der Waals surface area contributed by atoms with E-state index in [0.717, 1.165) is 11.1 Å². The Morgan fingerprint density at radius 1 is 1.02 bits per heavy atom. The zero-order valence-electron chi connectivity index (χ0n) is 25.1. The lowest BCUT2D eigenvalue weighted by molar-refractivity contribution is -0.162. The molecular formula is C35H32N2O9. The zero-order chi connectivity index (χ0) is 32.5. The van der Waals surface area contributed by atoms with E-state index in [2.05, 4.69) is 0 Å². The van der Waals surface area contributed by atoms with Crippen molar-refractivity contribution in [2.24, 2.45) is 17.6 Å². The van der Waals surface area contributed by atoms with E-state index >= 15 is 0 Å². The number of carbonyl (C=O) groups excluding carboxylic acids is 3. The summed E-state index contributed by atoms with van der Waals surface area (Å²) in [4.78, 5) is 42.8. The van der Waals surface area contributed by atoms with Crippen LogP contribution >= 0.6 is 0 Å². The maximum Gasteiger partial charge on any atom is 0.255 e. The van der Waals surface area contributed by atoms with Crippen LogP contribution < -0.4 is 15.2 Å². The highest BCUT2D eigenvalue weighted by Gasteiger charge is 2.65. The second-order valence-electron chi connectivity index (χ2n) is 12.3. The molecule has 1 heterocycles. The number of benzene rings is 3. The molecule has 0 unspecified atom stereocenters. The van der Waals surface area contributed by atoms with Gasteiger partial charge < -0.3 is 35.3 Å². The molecule has 0 bridgehead atoms. The second-order valence-corrected chi connectivity index (χ2v) is 12.3. The van der Waals surface area contributed by atoms with E-state index in [1.54, 1.807) is 31.1 Å². The van der Waals surface area contributed by atoms with Crippen LogP contribution in [0.1, 0.15) is 23.1 Å². The van der Waals surface area contributed by atoms with E-state index in [9.17, 15) is 29.7 Å². The van der Waals surface area contributed by atoms with Crippen molar-refractivity contribution >= 4 is 23.2 Å². The van der Waals surface area contributed by atoms with Crippen molar-refractivity contribution in [3.05, 3.63) is 94.3 Å². The number of rotatable bonds is 6. The van der Waals surface area contributed by atoms with Gasteiger partial charge in [-0.25, -0.2) is 0 Å². The smallest absolute Gasteiger partial charge is 0.255 e. The fourth-order valence-corrected chi connectivity index (χ4v) is 7.45. The lowest BCUT2D eigenvalue weighted by Gasteiger charge is -2.50. The molecule has 1 saturated carbocycles. The Morgan fingerprint density at radius 2 is 1.76 bits per heavy atom. The molecule has 4 aliphatic rings. The molecule has 3 aromatic carbocycles. The van der Waals surface area contributed by atoms with Gasteiger partial charge in [0.15, 0.2) is 17.1 Å². The number of phenolic OH excluding ortho intramolecular Hbond substituents is 1. The first-order chi connectivity index (χ1) is 22.0. The molecule has 0 saturated heterocycles. The average Bonchev–Trinajstić information content (AvgIpc) is 3.50. The van der Waals surface area contributed by atoms with Crippen molar-refractivity contribution in [1.82, 2.24) is 4.90 Å². The number of amides is 1. The number of phenols is 1. The molecule has 11 heteroatoms. The average molecular weight is 625 g/mol. The molecule has 236 valence electrons. The summed E-state index contributed by atoms with van der Waals surface area (Å²) < 4.78 is 17.1. The number of carbonyl (C=O) groups is 3. The minimum absolute atomic E-state index is 0.0135. The van der Waals surface area contributed by atoms with Crippen molar-refractivity contribution in [2.75, 3.05) is 20.9 Å². The predicted octanol–water partition coefficient (Wildman–Crippen LogP) is 3.02. The van der Waals surface area contributed by atoms with Crippen molar-refractivity contribution in [3.8, 4) is 28.4 Å². The van der Waals surface area contributed by atoms with Crippen LogP contribution in [0.3, 0.4) is 0 Å². The molecule has 4 atom stereocenters. The van der Waals surface area contributed by atoms with Crippen LogP contribution in [0.25, 0.3) is 16.9 Å². The van der Waals surface area contributed by atoms with E-state index < -0.39 is 52.3 Å². The van der Waals surface area contributed by atoms with E-state index in [-0.39, 0.29) is 48.9 Å². The summed E-state index contributed by atoms with van der Waals surface area (Å²) >= 11 is 0. The third-order valence-corrected chi connectivity index (χ3v) is 9.50. The second kappa shape index (κ2) is 10.7. The van der Waals surface area contributed by atoms with Crippen LogP contribution in [0.15, 0.2) is 77.6 Å². The Bertz CT molecular complexity index is 1880. The number of aromatic hydroxyl groups is 1. The summed E-state index contributed by atoms with van der Waals surface area (Å²) in [6.45, 7) is 0.118. The summed E-state index contributed by atoms with van der Waals surface area (Å²) in [5, 5.41) is 34.7. The van der Waals surface area contributed by atoms with Crippen LogP contribution in [0.5, 0.6) is 17.2 Å². The first-order valence-corrected chi connectivity index (χ1v) is 14.9. The van der Waals surface area contributed by atoms with Gasteiger partial charge in [-0.3, -0.25) is 19.3 Å². The summed E-state index contributed by atoms with van der Waals surface area (Å²) in [6, 6.07) is 16.8. The van der Waals surface area contributed by atoms with Crippen LogP contribution in [0, 0.1) is 11.8 Å². The molecule has 5 N–H and O–H groups in total. The van der Waals surface area contributed by atoms with E-state index in [4.69, 9.17) is 19.9 Å². The number of aliphatic hydroxyl groups excluding tert-OH is 1. The molecule has 11 nitrogen and oxygen atoms in total.